The first kappa shape index (κ1) is 63.1. The number of unbranched alkanes of at least 4 members (excludes halogenated alkanes) is 38. The maximum atomic E-state index is 12.4. The van der Waals surface area contributed by atoms with Gasteiger partial charge >= 0.3 is 5.97 Å². The highest BCUT2D eigenvalue weighted by Crippen LogP contribution is 2.16. The Hall–Kier alpha value is -1.92. The fourth-order valence-electron chi connectivity index (χ4n) is 8.69. The minimum atomic E-state index is -0.876. The van der Waals surface area contributed by atoms with Gasteiger partial charge in [-0.3, -0.25) is 9.59 Å². The molecule has 3 N–H and O–H groups in total. The van der Waals surface area contributed by atoms with Gasteiger partial charge in [0.05, 0.1) is 25.4 Å². The van der Waals surface area contributed by atoms with Crippen molar-refractivity contribution in [2.75, 3.05) is 13.2 Å². The fourth-order valence-corrected chi connectivity index (χ4v) is 8.69. The topological polar surface area (TPSA) is 95.9 Å². The number of rotatable bonds is 53. The molecule has 0 aliphatic heterocycles. The molecule has 0 bridgehead atoms. The van der Waals surface area contributed by atoms with Crippen LogP contribution in [0.1, 0.15) is 303 Å². The summed E-state index contributed by atoms with van der Waals surface area (Å²) in [6.45, 7) is 4.82. The number of ether oxygens (including phenoxy) is 1. The van der Waals surface area contributed by atoms with Crippen LogP contribution in [0, 0.1) is 0 Å². The van der Waals surface area contributed by atoms with Gasteiger partial charge in [-0.15, -0.1) is 0 Å². The van der Waals surface area contributed by atoms with E-state index in [0.29, 0.717) is 19.4 Å². The predicted molar refractivity (Wildman–Crippen MR) is 283 cm³/mol. The average molecular weight is 915 g/mol. The molecule has 6 heteroatoms. The molecule has 2 atom stereocenters. The zero-order valence-electron chi connectivity index (χ0n) is 43.5. The Kier molecular flexibility index (Phi) is 53.1. The van der Waals surface area contributed by atoms with E-state index in [1.807, 2.05) is 6.08 Å². The third-order valence-electron chi connectivity index (χ3n) is 13.1. The van der Waals surface area contributed by atoms with Gasteiger partial charge in [-0.2, -0.15) is 0 Å². The second-order valence-corrected chi connectivity index (χ2v) is 19.6. The van der Waals surface area contributed by atoms with E-state index in [4.69, 9.17) is 4.74 Å². The maximum Gasteiger partial charge on any atom is 0.305 e. The van der Waals surface area contributed by atoms with Crippen molar-refractivity contribution >= 4 is 11.9 Å². The summed E-state index contributed by atoms with van der Waals surface area (Å²) < 4.78 is 5.46. The minimum Gasteiger partial charge on any atom is -0.466 e. The lowest BCUT2D eigenvalue weighted by Gasteiger charge is -2.19. The van der Waals surface area contributed by atoms with Crippen LogP contribution in [0.5, 0.6) is 0 Å². The lowest BCUT2D eigenvalue weighted by atomic mass is 10.0. The Labute approximate surface area is 404 Å². The Morgan fingerprint density at radius 1 is 0.415 bits per heavy atom. The van der Waals surface area contributed by atoms with E-state index in [2.05, 4.69) is 43.5 Å². The molecule has 1 amide bonds. The van der Waals surface area contributed by atoms with Crippen LogP contribution in [-0.2, 0) is 14.3 Å². The molecule has 382 valence electrons. The molecule has 0 rings (SSSR count). The van der Waals surface area contributed by atoms with Crippen molar-refractivity contribution in [1.82, 2.24) is 5.32 Å². The Morgan fingerprint density at radius 3 is 1.12 bits per heavy atom. The molecular formula is C59H111NO5. The summed E-state index contributed by atoms with van der Waals surface area (Å²) in [5, 5.41) is 23.1. The first-order valence-corrected chi connectivity index (χ1v) is 28.8. The highest BCUT2D eigenvalue weighted by molar-refractivity contribution is 5.76. The van der Waals surface area contributed by atoms with Gasteiger partial charge in [0.2, 0.25) is 5.91 Å². The van der Waals surface area contributed by atoms with Crippen molar-refractivity contribution in [3.63, 3.8) is 0 Å². The number of allylic oxidation sites excluding steroid dienone is 5. The normalized spacial score (nSPS) is 12.9. The monoisotopic (exact) mass is 914 g/mol. The molecule has 0 aromatic rings. The molecule has 6 nitrogen and oxygen atoms in total. The lowest BCUT2D eigenvalue weighted by Crippen LogP contribution is -2.45. The van der Waals surface area contributed by atoms with Gasteiger partial charge in [0.15, 0.2) is 0 Å². The summed E-state index contributed by atoms with van der Waals surface area (Å²) in [4.78, 5) is 24.5. The number of aliphatic hydroxyl groups excluding tert-OH is 2. The molecule has 0 radical (unpaired) electrons. The van der Waals surface area contributed by atoms with Crippen molar-refractivity contribution in [3.8, 4) is 0 Å². The second kappa shape index (κ2) is 54.7. The molecule has 0 aromatic heterocycles. The summed E-state index contributed by atoms with van der Waals surface area (Å²) in [5.74, 6) is -0.165. The summed E-state index contributed by atoms with van der Waals surface area (Å²) in [6, 6.07) is -0.667. The fraction of sp³-hybridized carbons (Fsp3) is 0.864. The number of aliphatic hydroxyl groups is 2. The van der Waals surface area contributed by atoms with Gasteiger partial charge in [-0.25, -0.2) is 0 Å². The van der Waals surface area contributed by atoms with Crippen molar-refractivity contribution in [2.45, 2.75) is 315 Å². The summed E-state index contributed by atoms with van der Waals surface area (Å²) >= 11 is 0. The van der Waals surface area contributed by atoms with Crippen LogP contribution in [0.3, 0.4) is 0 Å². The number of hydrogen-bond donors (Lipinski definition) is 3. The highest BCUT2D eigenvalue weighted by atomic mass is 16.5. The molecule has 65 heavy (non-hydrogen) atoms. The predicted octanol–water partition coefficient (Wildman–Crippen LogP) is 17.6. The van der Waals surface area contributed by atoms with Crippen molar-refractivity contribution in [3.05, 3.63) is 36.5 Å². The molecule has 0 aliphatic carbocycles. The molecule has 0 spiro atoms. The molecule has 0 heterocycles. The van der Waals surface area contributed by atoms with Gasteiger partial charge in [0, 0.05) is 12.8 Å². The lowest BCUT2D eigenvalue weighted by molar-refractivity contribution is -0.143. The third-order valence-corrected chi connectivity index (χ3v) is 13.1. The van der Waals surface area contributed by atoms with E-state index >= 15 is 0 Å². The first-order chi connectivity index (χ1) is 32.0. The minimum absolute atomic E-state index is 0.0382. The highest BCUT2D eigenvalue weighted by Gasteiger charge is 2.18. The number of nitrogens with one attached hydrogen (secondary N) is 1. The molecular weight excluding hydrogens is 803 g/mol. The van der Waals surface area contributed by atoms with Crippen LogP contribution in [0.25, 0.3) is 0 Å². The van der Waals surface area contributed by atoms with Gasteiger partial charge in [-0.1, -0.05) is 249 Å². The smallest absolute Gasteiger partial charge is 0.305 e. The zero-order valence-corrected chi connectivity index (χ0v) is 43.5. The van der Waals surface area contributed by atoms with Crippen LogP contribution in [-0.4, -0.2) is 47.4 Å². The van der Waals surface area contributed by atoms with E-state index in [1.165, 1.54) is 205 Å². The van der Waals surface area contributed by atoms with E-state index in [-0.39, 0.29) is 18.5 Å². The maximum absolute atomic E-state index is 12.4. The summed E-state index contributed by atoms with van der Waals surface area (Å²) in [7, 11) is 0. The largest absolute Gasteiger partial charge is 0.466 e. The SMILES string of the molecule is CCCCCCCC/C=C\CCCCCCCCCCCC(=O)OCCCCCC/C=C\CCCC(=O)NC(CO)C(O)/C=C/CCCCCCCCCCCCCCCCCCCC. The van der Waals surface area contributed by atoms with Gasteiger partial charge in [0.25, 0.3) is 0 Å². The van der Waals surface area contributed by atoms with Gasteiger partial charge in [0.1, 0.15) is 0 Å². The summed E-state index contributed by atoms with van der Waals surface area (Å²) in [5.41, 5.74) is 0. The van der Waals surface area contributed by atoms with Gasteiger partial charge < -0.3 is 20.3 Å². The second-order valence-electron chi connectivity index (χ2n) is 19.6. The summed E-state index contributed by atoms with van der Waals surface area (Å²) in [6.07, 6.45) is 67.4. The molecule has 2 unspecified atom stereocenters. The number of carbonyl (C=O) groups is 2. The van der Waals surface area contributed by atoms with Crippen LogP contribution in [0.2, 0.25) is 0 Å². The standard InChI is InChI=1S/C59H111NO5/c1-3-5-7-9-11-13-15-17-19-21-23-25-26-28-30-32-35-39-43-47-51-57(62)56(55-61)60-58(63)52-48-44-40-36-34-38-42-46-50-54-65-59(64)53-49-45-41-37-33-31-29-27-24-22-20-18-16-14-12-10-8-6-4-2/h18,20,36,40,47,51,56-57,61-62H,3-17,19,21-35,37-39,41-46,48-50,52-55H2,1-2H3,(H,60,63)/b20-18-,40-36-,51-47+. The number of amides is 1. The zero-order chi connectivity index (χ0) is 47.2. The number of esters is 1. The first-order valence-electron chi connectivity index (χ1n) is 28.8. The molecule has 0 saturated heterocycles. The number of hydrogen-bond acceptors (Lipinski definition) is 5. The van der Waals surface area contributed by atoms with E-state index in [9.17, 15) is 19.8 Å². The molecule has 0 aromatic carbocycles. The van der Waals surface area contributed by atoms with Crippen LogP contribution >= 0.6 is 0 Å². The average Bonchev–Trinajstić information content (AvgIpc) is 3.31. The third kappa shape index (κ3) is 51.3. The van der Waals surface area contributed by atoms with Crippen molar-refractivity contribution in [1.29, 1.82) is 0 Å². The van der Waals surface area contributed by atoms with Crippen molar-refractivity contribution < 1.29 is 24.5 Å². The number of carbonyl (C=O) groups excluding carboxylic acids is 2. The quantitative estimate of drug-likeness (QED) is 0.0321. The van der Waals surface area contributed by atoms with Crippen LogP contribution in [0.15, 0.2) is 36.5 Å². The van der Waals surface area contributed by atoms with Crippen molar-refractivity contribution in [2.24, 2.45) is 0 Å². The van der Waals surface area contributed by atoms with Crippen LogP contribution in [0.4, 0.5) is 0 Å². The van der Waals surface area contributed by atoms with E-state index in [1.54, 1.807) is 6.08 Å². The Balaban J connectivity index is 3.55. The van der Waals surface area contributed by atoms with Gasteiger partial charge in [-0.05, 0) is 77.0 Å². The molecule has 0 saturated carbocycles. The van der Waals surface area contributed by atoms with E-state index in [0.717, 1.165) is 70.6 Å². The Morgan fingerprint density at radius 2 is 0.738 bits per heavy atom. The molecule has 0 aliphatic rings. The van der Waals surface area contributed by atoms with Crippen LogP contribution < -0.4 is 5.32 Å². The molecule has 0 fully saturated rings. The Bertz CT molecular complexity index is 1060. The van der Waals surface area contributed by atoms with E-state index < -0.39 is 12.1 Å².